The third-order valence-corrected chi connectivity index (χ3v) is 4.84. The highest BCUT2D eigenvalue weighted by molar-refractivity contribution is 5.98. The number of hydrogen-bond donors (Lipinski definition) is 0. The van der Waals surface area contributed by atoms with E-state index in [1.165, 1.54) is 11.6 Å². The minimum Gasteiger partial charge on any atom is -0.492 e. The molecule has 3 aromatic carbocycles. The van der Waals surface area contributed by atoms with Crippen LogP contribution in [0.5, 0.6) is 5.75 Å². The summed E-state index contributed by atoms with van der Waals surface area (Å²) in [6.07, 6.45) is 0.844. The zero-order valence-corrected chi connectivity index (χ0v) is 17.4. The van der Waals surface area contributed by atoms with Gasteiger partial charge in [-0.25, -0.2) is 4.39 Å². The monoisotopic (exact) mass is 389 g/mol. The van der Waals surface area contributed by atoms with Gasteiger partial charge in [0.05, 0.1) is 0 Å². The van der Waals surface area contributed by atoms with Gasteiger partial charge in [0.2, 0.25) is 0 Å². The van der Waals surface area contributed by atoms with Gasteiger partial charge >= 0.3 is 0 Å². The van der Waals surface area contributed by atoms with Gasteiger partial charge < -0.3 is 9.64 Å². The van der Waals surface area contributed by atoms with Gasteiger partial charge in [0, 0.05) is 6.54 Å². The highest BCUT2D eigenvalue weighted by atomic mass is 19.1. The minimum atomic E-state index is -0.229. The van der Waals surface area contributed by atoms with E-state index < -0.39 is 0 Å². The summed E-state index contributed by atoms with van der Waals surface area (Å²) in [5.74, 6) is 0.610. The Labute approximate surface area is 173 Å². The smallest absolute Gasteiger partial charge is 0.123 e. The molecular formula is C26H28FNO. The maximum Gasteiger partial charge on any atom is 0.123 e. The molecule has 3 aromatic rings. The van der Waals surface area contributed by atoms with Gasteiger partial charge in [-0.1, -0.05) is 61.5 Å². The molecule has 0 saturated heterocycles. The number of allylic oxidation sites excluding steroid dienone is 1. The van der Waals surface area contributed by atoms with Crippen molar-refractivity contribution < 1.29 is 9.13 Å². The number of rotatable bonds is 8. The summed E-state index contributed by atoms with van der Waals surface area (Å²) in [6.45, 7) is 3.65. The maximum atomic E-state index is 14.0. The van der Waals surface area contributed by atoms with Crippen LogP contribution in [-0.2, 0) is 0 Å². The lowest BCUT2D eigenvalue weighted by atomic mass is 9.88. The molecule has 0 amide bonds. The molecule has 2 nitrogen and oxygen atoms in total. The molecule has 29 heavy (non-hydrogen) atoms. The quantitative estimate of drug-likeness (QED) is 0.429. The molecule has 3 rings (SSSR count). The minimum absolute atomic E-state index is 0.229. The summed E-state index contributed by atoms with van der Waals surface area (Å²) in [7, 11) is 4.05. The fraction of sp³-hybridized carbons (Fsp3) is 0.231. The molecule has 0 aliphatic heterocycles. The molecule has 3 heteroatoms. The lowest BCUT2D eigenvalue weighted by molar-refractivity contribution is 0.261. The Bertz CT molecular complexity index is 946. The Balaban J connectivity index is 2.03. The number of likely N-dealkylation sites (N-methyl/N-ethyl adjacent to an activating group) is 1. The zero-order chi connectivity index (χ0) is 20.6. The van der Waals surface area contributed by atoms with Crippen LogP contribution >= 0.6 is 0 Å². The van der Waals surface area contributed by atoms with Gasteiger partial charge in [-0.2, -0.15) is 0 Å². The summed E-state index contributed by atoms with van der Waals surface area (Å²) in [6, 6.07) is 25.2. The van der Waals surface area contributed by atoms with Gasteiger partial charge in [0.1, 0.15) is 18.2 Å². The van der Waals surface area contributed by atoms with Crippen LogP contribution in [0.15, 0.2) is 78.9 Å². The Kier molecular flexibility index (Phi) is 7.20. The van der Waals surface area contributed by atoms with E-state index in [0.29, 0.717) is 6.61 Å². The van der Waals surface area contributed by atoms with Crippen molar-refractivity contribution in [3.63, 3.8) is 0 Å². The first-order valence-corrected chi connectivity index (χ1v) is 10.0. The van der Waals surface area contributed by atoms with E-state index in [2.05, 4.69) is 36.1 Å². The molecule has 0 aromatic heterocycles. The molecule has 0 saturated carbocycles. The van der Waals surface area contributed by atoms with Crippen LogP contribution in [0, 0.1) is 5.82 Å². The van der Waals surface area contributed by atoms with E-state index in [4.69, 9.17) is 4.74 Å². The van der Waals surface area contributed by atoms with Gasteiger partial charge in [-0.3, -0.25) is 0 Å². The van der Waals surface area contributed by atoms with Crippen LogP contribution in [0.2, 0.25) is 0 Å². The van der Waals surface area contributed by atoms with Crippen molar-refractivity contribution in [3.05, 3.63) is 101 Å². The molecule has 0 fully saturated rings. The van der Waals surface area contributed by atoms with Crippen LogP contribution < -0.4 is 4.74 Å². The average molecular weight is 390 g/mol. The normalized spacial score (nSPS) is 12.0. The van der Waals surface area contributed by atoms with E-state index >= 15 is 0 Å². The van der Waals surface area contributed by atoms with Crippen molar-refractivity contribution in [1.29, 1.82) is 0 Å². The Hall–Kier alpha value is -2.91. The number of ether oxygens (including phenoxy) is 1. The first kappa shape index (κ1) is 20.8. The second-order valence-electron chi connectivity index (χ2n) is 7.26. The first-order valence-electron chi connectivity index (χ1n) is 10.0. The Morgan fingerprint density at radius 1 is 0.828 bits per heavy atom. The van der Waals surface area contributed by atoms with Crippen molar-refractivity contribution >= 4 is 11.1 Å². The van der Waals surface area contributed by atoms with Crippen molar-refractivity contribution in [3.8, 4) is 5.75 Å². The fourth-order valence-corrected chi connectivity index (χ4v) is 3.39. The largest absolute Gasteiger partial charge is 0.492 e. The van der Waals surface area contributed by atoms with Crippen LogP contribution in [0.4, 0.5) is 4.39 Å². The van der Waals surface area contributed by atoms with Crippen molar-refractivity contribution in [1.82, 2.24) is 4.90 Å². The van der Waals surface area contributed by atoms with E-state index in [-0.39, 0.29) is 5.82 Å². The van der Waals surface area contributed by atoms with Crippen molar-refractivity contribution in [2.75, 3.05) is 27.2 Å². The van der Waals surface area contributed by atoms with Crippen LogP contribution in [-0.4, -0.2) is 32.1 Å². The lowest BCUT2D eigenvalue weighted by Gasteiger charge is -2.17. The standard InChI is InChI=1S/C26H28FNO/c1-4-25(20-9-6-5-7-10-20)26(22-11-8-12-23(27)19-22)21-13-15-24(16-14-21)29-18-17-28(2)3/h5-16,19H,4,17-18H2,1-3H3/b26-25+. The van der Waals surface area contributed by atoms with Gasteiger partial charge in [0.25, 0.3) is 0 Å². The molecule has 0 aliphatic carbocycles. The van der Waals surface area contributed by atoms with E-state index in [1.807, 2.05) is 50.5 Å². The maximum absolute atomic E-state index is 14.0. The van der Waals surface area contributed by atoms with Crippen molar-refractivity contribution in [2.45, 2.75) is 13.3 Å². The summed E-state index contributed by atoms with van der Waals surface area (Å²) >= 11 is 0. The molecule has 0 N–H and O–H groups in total. The molecular weight excluding hydrogens is 361 g/mol. The molecule has 0 bridgehead atoms. The SMILES string of the molecule is CC/C(=C(/c1ccc(OCCN(C)C)cc1)c1cccc(F)c1)c1ccccc1. The number of benzene rings is 3. The summed E-state index contributed by atoms with van der Waals surface area (Å²) in [5.41, 5.74) is 5.33. The second-order valence-corrected chi connectivity index (χ2v) is 7.26. The van der Waals surface area contributed by atoms with E-state index in [1.54, 1.807) is 12.1 Å². The topological polar surface area (TPSA) is 12.5 Å². The van der Waals surface area contributed by atoms with Gasteiger partial charge in [-0.15, -0.1) is 0 Å². The van der Waals surface area contributed by atoms with E-state index in [9.17, 15) is 4.39 Å². The second kappa shape index (κ2) is 10.0. The third kappa shape index (κ3) is 5.55. The predicted molar refractivity (Wildman–Crippen MR) is 120 cm³/mol. The van der Waals surface area contributed by atoms with E-state index in [0.717, 1.165) is 41.0 Å². The molecule has 0 heterocycles. The van der Waals surface area contributed by atoms with Crippen molar-refractivity contribution in [2.24, 2.45) is 0 Å². The Morgan fingerprint density at radius 3 is 2.14 bits per heavy atom. The summed E-state index contributed by atoms with van der Waals surface area (Å²) < 4.78 is 19.9. The summed E-state index contributed by atoms with van der Waals surface area (Å²) in [4.78, 5) is 2.09. The number of nitrogens with zero attached hydrogens (tertiary/aromatic N) is 1. The lowest BCUT2D eigenvalue weighted by Crippen LogP contribution is -2.19. The molecule has 0 atom stereocenters. The first-order chi connectivity index (χ1) is 14.1. The highest BCUT2D eigenvalue weighted by Gasteiger charge is 2.14. The van der Waals surface area contributed by atoms with Crippen LogP contribution in [0.1, 0.15) is 30.0 Å². The molecule has 0 aliphatic rings. The molecule has 150 valence electrons. The highest BCUT2D eigenvalue weighted by Crippen LogP contribution is 2.35. The van der Waals surface area contributed by atoms with Gasteiger partial charge in [0.15, 0.2) is 0 Å². The predicted octanol–water partition coefficient (Wildman–Crippen LogP) is 6.14. The molecule has 0 radical (unpaired) electrons. The average Bonchev–Trinajstić information content (AvgIpc) is 2.73. The Morgan fingerprint density at radius 2 is 1.52 bits per heavy atom. The van der Waals surface area contributed by atoms with Crippen LogP contribution in [0.3, 0.4) is 0 Å². The van der Waals surface area contributed by atoms with Gasteiger partial charge in [-0.05, 0) is 72.6 Å². The molecule has 0 spiro atoms. The number of halogens is 1. The molecule has 0 unspecified atom stereocenters. The third-order valence-electron chi connectivity index (χ3n) is 4.84. The number of hydrogen-bond acceptors (Lipinski definition) is 2. The van der Waals surface area contributed by atoms with Crippen LogP contribution in [0.25, 0.3) is 11.1 Å². The fourth-order valence-electron chi connectivity index (χ4n) is 3.39. The summed E-state index contributed by atoms with van der Waals surface area (Å²) in [5, 5.41) is 0. The zero-order valence-electron chi connectivity index (χ0n) is 17.4.